The maximum Gasteiger partial charge on any atom is 0.317 e. The number of hydrogen-bond donors (Lipinski definition) is 3. The Balaban J connectivity index is 1.31. The van der Waals surface area contributed by atoms with E-state index >= 15 is 0 Å². The monoisotopic (exact) mass is 548 g/mol. The number of likely N-dealkylation sites (N-methyl/N-ethyl adjacent to an activating group) is 1. The van der Waals surface area contributed by atoms with Gasteiger partial charge in [-0.05, 0) is 81.6 Å². The van der Waals surface area contributed by atoms with Gasteiger partial charge < -0.3 is 31.1 Å². The van der Waals surface area contributed by atoms with Crippen LogP contribution < -0.4 is 21.3 Å². The Morgan fingerprint density at radius 2 is 1.77 bits per heavy atom. The number of likely N-dealkylation sites (tertiary alicyclic amines) is 1. The van der Waals surface area contributed by atoms with Crippen LogP contribution in [-0.2, 0) is 5.41 Å². The van der Waals surface area contributed by atoms with Gasteiger partial charge in [0.2, 0.25) is 0 Å². The first-order valence-electron chi connectivity index (χ1n) is 14.7. The van der Waals surface area contributed by atoms with E-state index in [0.717, 1.165) is 31.1 Å². The number of nitrogens with zero attached hydrogens (tertiary/aromatic N) is 5. The molecule has 1 aliphatic carbocycles. The number of aromatic nitrogens is 2. The van der Waals surface area contributed by atoms with Crippen molar-refractivity contribution in [2.24, 2.45) is 5.73 Å². The van der Waals surface area contributed by atoms with Gasteiger partial charge in [0.25, 0.3) is 5.91 Å². The summed E-state index contributed by atoms with van der Waals surface area (Å²) in [6.07, 6.45) is 9.85. The average Bonchev–Trinajstić information content (AvgIpc) is 2.93. The number of rotatable bonds is 7. The number of benzene rings is 1. The molecule has 5 rings (SSSR count). The van der Waals surface area contributed by atoms with Gasteiger partial charge >= 0.3 is 6.03 Å². The summed E-state index contributed by atoms with van der Waals surface area (Å²) in [5.41, 5.74) is 8.11. The third-order valence-corrected chi connectivity index (χ3v) is 9.60. The van der Waals surface area contributed by atoms with Crippen molar-refractivity contribution in [3.8, 4) is 0 Å². The zero-order valence-electron chi connectivity index (χ0n) is 24.3. The predicted molar refractivity (Wildman–Crippen MR) is 158 cm³/mol. The molecular weight excluding hydrogens is 504 g/mol. The summed E-state index contributed by atoms with van der Waals surface area (Å²) >= 11 is 0. The maximum atomic E-state index is 12.3. The quantitative estimate of drug-likeness (QED) is 0.481. The fourth-order valence-corrected chi connectivity index (χ4v) is 6.59. The molecule has 1 aromatic carbocycles. The molecule has 2 saturated heterocycles. The number of amides is 3. The molecule has 4 N–H and O–H groups in total. The van der Waals surface area contributed by atoms with E-state index in [1.165, 1.54) is 50.8 Å². The number of anilines is 3. The minimum atomic E-state index is -0.632. The first kappa shape index (κ1) is 28.1. The number of piperidine rings is 2. The number of nitrogens with two attached hydrogens (primary N) is 1. The summed E-state index contributed by atoms with van der Waals surface area (Å²) < 4.78 is 0. The van der Waals surface area contributed by atoms with Crippen molar-refractivity contribution in [3.63, 3.8) is 0 Å². The number of primary amides is 1. The third kappa shape index (κ3) is 5.59. The average molecular weight is 549 g/mol. The van der Waals surface area contributed by atoms with Crippen LogP contribution in [0.4, 0.5) is 22.1 Å². The lowest BCUT2D eigenvalue weighted by atomic mass is 9.73. The van der Waals surface area contributed by atoms with E-state index in [-0.39, 0.29) is 29.2 Å². The first-order chi connectivity index (χ1) is 19.2. The lowest BCUT2D eigenvalue weighted by Crippen LogP contribution is -2.56. The van der Waals surface area contributed by atoms with Gasteiger partial charge in [-0.3, -0.25) is 4.79 Å². The zero-order valence-corrected chi connectivity index (χ0v) is 24.3. The molecule has 3 amide bonds. The van der Waals surface area contributed by atoms with Crippen molar-refractivity contribution in [1.82, 2.24) is 25.1 Å². The molecule has 2 aromatic rings. The van der Waals surface area contributed by atoms with E-state index in [4.69, 9.17) is 10.7 Å². The molecule has 3 heterocycles. The van der Waals surface area contributed by atoms with Crippen molar-refractivity contribution >= 4 is 29.3 Å². The highest BCUT2D eigenvalue weighted by Gasteiger charge is 2.36. The number of hydrogen-bond acceptors (Lipinski definition) is 7. The summed E-state index contributed by atoms with van der Waals surface area (Å²) in [6, 6.07) is 9.22. The molecule has 216 valence electrons. The summed E-state index contributed by atoms with van der Waals surface area (Å²) in [4.78, 5) is 40.3. The summed E-state index contributed by atoms with van der Waals surface area (Å²) in [5.74, 6) is 0.358. The van der Waals surface area contributed by atoms with Crippen LogP contribution in [0.5, 0.6) is 0 Å². The number of carbonyl (C=O) groups excluding carboxylic acids is 2. The minimum Gasteiger partial charge on any atom is -0.364 e. The molecule has 40 heavy (non-hydrogen) atoms. The Bertz CT molecular complexity index is 1210. The van der Waals surface area contributed by atoms with Crippen LogP contribution in [0.15, 0.2) is 30.5 Å². The molecule has 10 nitrogen and oxygen atoms in total. The fraction of sp³-hybridized carbons (Fsp3) is 0.600. The Morgan fingerprint density at radius 1 is 1.07 bits per heavy atom. The molecule has 2 unspecified atom stereocenters. The van der Waals surface area contributed by atoms with Crippen LogP contribution in [-0.4, -0.2) is 83.6 Å². The molecule has 3 fully saturated rings. The first-order valence-corrected chi connectivity index (χ1v) is 14.7. The van der Waals surface area contributed by atoms with E-state index in [9.17, 15) is 9.59 Å². The number of nitrogens with one attached hydrogen (secondary N) is 2. The summed E-state index contributed by atoms with van der Waals surface area (Å²) in [5, 5.41) is 6.01. The fourth-order valence-electron chi connectivity index (χ4n) is 6.59. The maximum absolute atomic E-state index is 12.3. The van der Waals surface area contributed by atoms with Gasteiger partial charge in [-0.2, -0.15) is 0 Å². The zero-order chi connectivity index (χ0) is 28.4. The van der Waals surface area contributed by atoms with Gasteiger partial charge in [-0.25, -0.2) is 14.8 Å². The molecule has 0 spiro atoms. The van der Waals surface area contributed by atoms with Gasteiger partial charge in [0.05, 0.1) is 12.2 Å². The second kappa shape index (κ2) is 11.6. The standard InChI is InChI=1S/C30H44N8O2/c1-20-24(36(4)29(40)32-3)9-6-16-38(20)25-19-33-26(27(31)39)28(35-25)34-22-12-10-21(11-13-22)30(2)14-17-37(18-15-30)23-7-5-8-23/h10-13,19-20,23-24H,5-9,14-18H2,1-4H3,(H2,31,39)(H,32,40)(H,34,35). The Labute approximate surface area is 237 Å². The third-order valence-electron chi connectivity index (χ3n) is 9.60. The molecule has 1 saturated carbocycles. The topological polar surface area (TPSA) is 120 Å². The Morgan fingerprint density at radius 3 is 2.38 bits per heavy atom. The summed E-state index contributed by atoms with van der Waals surface area (Å²) in [7, 11) is 3.46. The largest absolute Gasteiger partial charge is 0.364 e. The highest BCUT2D eigenvalue weighted by Crippen LogP contribution is 2.38. The van der Waals surface area contributed by atoms with Gasteiger partial charge in [0, 0.05) is 38.4 Å². The van der Waals surface area contributed by atoms with Gasteiger partial charge in [-0.15, -0.1) is 0 Å². The number of carbonyl (C=O) groups is 2. The molecule has 2 atom stereocenters. The predicted octanol–water partition coefficient (Wildman–Crippen LogP) is 3.85. The van der Waals surface area contributed by atoms with Crippen LogP contribution in [0.1, 0.15) is 74.8 Å². The van der Waals surface area contributed by atoms with Crippen LogP contribution in [0.25, 0.3) is 0 Å². The molecule has 1 aromatic heterocycles. The molecule has 10 heteroatoms. The lowest BCUT2D eigenvalue weighted by molar-refractivity contribution is 0.0773. The highest BCUT2D eigenvalue weighted by atomic mass is 16.2. The minimum absolute atomic E-state index is 0.0216. The van der Waals surface area contributed by atoms with E-state index in [0.29, 0.717) is 11.6 Å². The van der Waals surface area contributed by atoms with E-state index in [2.05, 4.69) is 63.5 Å². The summed E-state index contributed by atoms with van der Waals surface area (Å²) in [6.45, 7) is 7.59. The van der Waals surface area contributed by atoms with Crippen molar-refractivity contribution in [1.29, 1.82) is 0 Å². The van der Waals surface area contributed by atoms with Crippen LogP contribution in [0.3, 0.4) is 0 Å². The molecule has 0 bridgehead atoms. The smallest absolute Gasteiger partial charge is 0.317 e. The molecular formula is C30H44N8O2. The van der Waals surface area contributed by atoms with Crippen LogP contribution in [0, 0.1) is 0 Å². The molecule has 0 radical (unpaired) electrons. The van der Waals surface area contributed by atoms with Crippen LogP contribution >= 0.6 is 0 Å². The van der Waals surface area contributed by atoms with E-state index < -0.39 is 5.91 Å². The van der Waals surface area contributed by atoms with Gasteiger partial charge in [0.15, 0.2) is 11.5 Å². The van der Waals surface area contributed by atoms with E-state index in [1.807, 2.05) is 7.05 Å². The van der Waals surface area contributed by atoms with Crippen LogP contribution in [0.2, 0.25) is 0 Å². The van der Waals surface area contributed by atoms with E-state index in [1.54, 1.807) is 18.1 Å². The Hall–Kier alpha value is -3.40. The molecule has 2 aliphatic heterocycles. The number of urea groups is 1. The van der Waals surface area contributed by atoms with Gasteiger partial charge in [-0.1, -0.05) is 25.5 Å². The second-order valence-corrected chi connectivity index (χ2v) is 12.0. The van der Waals surface area contributed by atoms with Crippen molar-refractivity contribution in [2.45, 2.75) is 82.3 Å². The van der Waals surface area contributed by atoms with Crippen molar-refractivity contribution in [2.75, 3.05) is 43.9 Å². The normalized spacial score (nSPS) is 23.2. The van der Waals surface area contributed by atoms with Crippen molar-refractivity contribution < 1.29 is 9.59 Å². The van der Waals surface area contributed by atoms with Crippen molar-refractivity contribution in [3.05, 3.63) is 41.7 Å². The van der Waals surface area contributed by atoms with Gasteiger partial charge in [0.1, 0.15) is 5.82 Å². The molecule has 3 aliphatic rings. The SMILES string of the molecule is CNC(=O)N(C)C1CCCN(c2cnc(C(N)=O)c(Nc3ccc(C4(C)CCN(C5CCC5)CC4)cc3)n2)C1C. The Kier molecular flexibility index (Phi) is 8.16. The highest BCUT2D eigenvalue weighted by molar-refractivity contribution is 5.96. The second-order valence-electron chi connectivity index (χ2n) is 12.0. The lowest BCUT2D eigenvalue weighted by Gasteiger charge is -2.45.